The molecule has 0 saturated heterocycles. The Kier molecular flexibility index (Phi) is 8.26. The molecule has 4 rings (SSSR count). The number of anilines is 2. The Balaban J connectivity index is 1.58. The van der Waals surface area contributed by atoms with Crippen molar-refractivity contribution in [3.8, 4) is 6.07 Å². The highest BCUT2D eigenvalue weighted by Gasteiger charge is 2.35. The van der Waals surface area contributed by atoms with Crippen LogP contribution >= 0.6 is 23.1 Å². The Hall–Kier alpha value is -3.80. The van der Waals surface area contributed by atoms with E-state index < -0.39 is 5.92 Å². The lowest BCUT2D eigenvalue weighted by Gasteiger charge is -2.29. The Bertz CT molecular complexity index is 1360. The molecule has 0 radical (unpaired) electrons. The standard InChI is InChI=1S/C28H26N4O2S2/c1-3-19-10-7-8-13-22(19)32-24(33)17-36-28-21(16-29)26(23-14-9-15-35-23)25(18(2)30-28)27(34)31-20-11-5-4-6-12-20/h4-15,26,30H,3,17H2,1-2H3,(H,31,34)(H,32,33)/t26-/m1/s1. The molecular weight excluding hydrogens is 488 g/mol. The molecule has 1 aliphatic heterocycles. The molecule has 0 fully saturated rings. The van der Waals surface area contributed by atoms with E-state index in [9.17, 15) is 14.9 Å². The molecule has 1 aliphatic rings. The number of nitrogens with one attached hydrogen (secondary N) is 3. The molecule has 3 aromatic rings. The third kappa shape index (κ3) is 5.70. The zero-order valence-corrected chi connectivity index (χ0v) is 21.6. The van der Waals surface area contributed by atoms with E-state index in [1.165, 1.54) is 23.1 Å². The number of aryl methyl sites for hydroxylation is 1. The molecule has 0 bridgehead atoms. The maximum Gasteiger partial charge on any atom is 0.254 e. The summed E-state index contributed by atoms with van der Waals surface area (Å²) in [5.41, 5.74) is 4.11. The Labute approximate surface area is 219 Å². The largest absolute Gasteiger partial charge is 0.353 e. The number of hydrogen-bond donors (Lipinski definition) is 3. The summed E-state index contributed by atoms with van der Waals surface area (Å²) in [5, 5.41) is 21.8. The van der Waals surface area contributed by atoms with Crippen molar-refractivity contribution in [1.29, 1.82) is 5.26 Å². The van der Waals surface area contributed by atoms with Crippen LogP contribution in [-0.4, -0.2) is 17.6 Å². The Morgan fingerprint density at radius 1 is 1.06 bits per heavy atom. The van der Waals surface area contributed by atoms with E-state index in [0.29, 0.717) is 27.6 Å². The summed E-state index contributed by atoms with van der Waals surface area (Å²) in [7, 11) is 0. The van der Waals surface area contributed by atoms with E-state index in [1.54, 1.807) is 0 Å². The van der Waals surface area contributed by atoms with Crippen LogP contribution in [0.5, 0.6) is 0 Å². The number of amides is 2. The van der Waals surface area contributed by atoms with E-state index in [-0.39, 0.29) is 17.6 Å². The monoisotopic (exact) mass is 514 g/mol. The highest BCUT2D eigenvalue weighted by atomic mass is 32.2. The number of dihydropyridines is 1. The van der Waals surface area contributed by atoms with E-state index >= 15 is 0 Å². The highest BCUT2D eigenvalue weighted by molar-refractivity contribution is 8.03. The average molecular weight is 515 g/mol. The van der Waals surface area contributed by atoms with Gasteiger partial charge in [-0.1, -0.05) is 61.2 Å². The van der Waals surface area contributed by atoms with Gasteiger partial charge in [-0.2, -0.15) is 5.26 Å². The van der Waals surface area contributed by atoms with Crippen molar-refractivity contribution in [1.82, 2.24) is 5.32 Å². The molecule has 36 heavy (non-hydrogen) atoms. The smallest absolute Gasteiger partial charge is 0.254 e. The van der Waals surface area contributed by atoms with Gasteiger partial charge in [0.05, 0.1) is 28.3 Å². The van der Waals surface area contributed by atoms with Gasteiger partial charge in [0, 0.05) is 27.5 Å². The molecule has 2 heterocycles. The van der Waals surface area contributed by atoms with Gasteiger partial charge >= 0.3 is 0 Å². The van der Waals surface area contributed by atoms with Crippen LogP contribution in [0.3, 0.4) is 0 Å². The molecule has 2 aromatic carbocycles. The van der Waals surface area contributed by atoms with Crippen molar-refractivity contribution in [2.24, 2.45) is 0 Å². The number of nitrogens with zero attached hydrogens (tertiary/aromatic N) is 1. The second-order valence-corrected chi connectivity index (χ2v) is 10.1. The van der Waals surface area contributed by atoms with Crippen molar-refractivity contribution in [3.05, 3.63) is 104 Å². The summed E-state index contributed by atoms with van der Waals surface area (Å²) in [6, 6.07) is 23.1. The summed E-state index contributed by atoms with van der Waals surface area (Å²) in [4.78, 5) is 27.0. The number of rotatable bonds is 8. The highest BCUT2D eigenvalue weighted by Crippen LogP contribution is 2.42. The number of hydrogen-bond acceptors (Lipinski definition) is 6. The second kappa shape index (κ2) is 11.8. The van der Waals surface area contributed by atoms with Gasteiger partial charge in [0.25, 0.3) is 5.91 Å². The number of nitriles is 1. The maximum atomic E-state index is 13.4. The number of carbonyl (C=O) groups is 2. The zero-order valence-electron chi connectivity index (χ0n) is 20.0. The number of carbonyl (C=O) groups excluding carboxylic acids is 2. The lowest BCUT2D eigenvalue weighted by atomic mass is 9.86. The summed E-state index contributed by atoms with van der Waals surface area (Å²) < 4.78 is 0. The zero-order chi connectivity index (χ0) is 25.5. The first-order valence-corrected chi connectivity index (χ1v) is 13.4. The summed E-state index contributed by atoms with van der Waals surface area (Å²) >= 11 is 2.76. The number of allylic oxidation sites excluding steroid dienone is 2. The minimum atomic E-state index is -0.522. The number of thiophene rings is 1. The molecule has 0 saturated carbocycles. The van der Waals surface area contributed by atoms with Crippen molar-refractivity contribution >= 4 is 46.3 Å². The first-order chi connectivity index (χ1) is 17.5. The molecular formula is C28H26N4O2S2. The van der Waals surface area contributed by atoms with Crippen LogP contribution in [0.1, 0.15) is 30.2 Å². The fraction of sp³-hybridized carbons (Fsp3) is 0.179. The molecule has 1 aromatic heterocycles. The van der Waals surface area contributed by atoms with Crippen LogP contribution in [0.25, 0.3) is 0 Å². The van der Waals surface area contributed by atoms with Gasteiger partial charge in [-0.05, 0) is 48.6 Å². The van der Waals surface area contributed by atoms with Crippen LogP contribution in [0.15, 0.2) is 94.0 Å². The minimum absolute atomic E-state index is 0.127. The normalized spacial score (nSPS) is 15.2. The van der Waals surface area contributed by atoms with Crippen molar-refractivity contribution in [2.75, 3.05) is 16.4 Å². The Morgan fingerprint density at radius 2 is 1.81 bits per heavy atom. The topological polar surface area (TPSA) is 94.0 Å². The summed E-state index contributed by atoms with van der Waals surface area (Å²) in [6.45, 7) is 3.87. The molecule has 1 atom stereocenters. The third-order valence-corrected chi connectivity index (χ3v) is 7.73. The van der Waals surface area contributed by atoms with Crippen molar-refractivity contribution in [3.63, 3.8) is 0 Å². The van der Waals surface area contributed by atoms with Gasteiger partial charge < -0.3 is 16.0 Å². The van der Waals surface area contributed by atoms with Crippen LogP contribution in [0, 0.1) is 11.3 Å². The number of para-hydroxylation sites is 2. The number of thioether (sulfide) groups is 1. The Morgan fingerprint density at radius 3 is 2.50 bits per heavy atom. The van der Waals surface area contributed by atoms with Crippen LogP contribution in [0.4, 0.5) is 11.4 Å². The lowest BCUT2D eigenvalue weighted by Crippen LogP contribution is -2.30. The van der Waals surface area contributed by atoms with Gasteiger partial charge in [0.1, 0.15) is 0 Å². The average Bonchev–Trinajstić information content (AvgIpc) is 3.42. The van der Waals surface area contributed by atoms with Gasteiger partial charge in [-0.15, -0.1) is 11.3 Å². The molecule has 8 heteroatoms. The molecule has 0 spiro atoms. The fourth-order valence-corrected chi connectivity index (χ4v) is 5.80. The van der Waals surface area contributed by atoms with Crippen molar-refractivity contribution < 1.29 is 9.59 Å². The predicted octanol–water partition coefficient (Wildman–Crippen LogP) is 6.02. The second-order valence-electron chi connectivity index (χ2n) is 8.13. The summed E-state index contributed by atoms with van der Waals surface area (Å²) in [6.07, 6.45) is 0.815. The SMILES string of the molecule is CCc1ccccc1NC(=O)CSC1=C(C#N)[C@H](c2cccs2)C(C(=O)Nc2ccccc2)=C(C)N1. The minimum Gasteiger partial charge on any atom is -0.353 e. The summed E-state index contributed by atoms with van der Waals surface area (Å²) in [5.74, 6) is -0.822. The molecule has 6 nitrogen and oxygen atoms in total. The van der Waals surface area contributed by atoms with Gasteiger partial charge in [0.15, 0.2) is 0 Å². The van der Waals surface area contributed by atoms with Crippen LogP contribution < -0.4 is 16.0 Å². The molecule has 0 unspecified atom stereocenters. The maximum absolute atomic E-state index is 13.4. The lowest BCUT2D eigenvalue weighted by molar-refractivity contribution is -0.114. The van der Waals surface area contributed by atoms with E-state index in [4.69, 9.17) is 0 Å². The first kappa shape index (κ1) is 25.3. The quantitative estimate of drug-likeness (QED) is 0.342. The van der Waals surface area contributed by atoms with Crippen LogP contribution in [-0.2, 0) is 16.0 Å². The van der Waals surface area contributed by atoms with E-state index in [1.807, 2.05) is 86.0 Å². The first-order valence-electron chi connectivity index (χ1n) is 11.5. The van der Waals surface area contributed by atoms with Crippen molar-refractivity contribution in [2.45, 2.75) is 26.2 Å². The van der Waals surface area contributed by atoms with Gasteiger partial charge in [-0.25, -0.2) is 0 Å². The van der Waals surface area contributed by atoms with Gasteiger partial charge in [0.2, 0.25) is 5.91 Å². The number of benzene rings is 2. The van der Waals surface area contributed by atoms with E-state index in [2.05, 4.69) is 22.0 Å². The predicted molar refractivity (Wildman–Crippen MR) is 148 cm³/mol. The molecule has 182 valence electrons. The fourth-order valence-electron chi connectivity index (χ4n) is 4.06. The third-order valence-electron chi connectivity index (χ3n) is 5.77. The molecule has 2 amide bonds. The van der Waals surface area contributed by atoms with Gasteiger partial charge in [-0.3, -0.25) is 9.59 Å². The van der Waals surface area contributed by atoms with Crippen LogP contribution in [0.2, 0.25) is 0 Å². The molecule has 0 aliphatic carbocycles. The molecule has 3 N–H and O–H groups in total. The van der Waals surface area contributed by atoms with E-state index in [0.717, 1.165) is 22.5 Å².